The van der Waals surface area contributed by atoms with E-state index in [2.05, 4.69) is 35.8 Å². The van der Waals surface area contributed by atoms with Crippen LogP contribution in [0.1, 0.15) is 74.3 Å². The van der Waals surface area contributed by atoms with Crippen molar-refractivity contribution in [3.8, 4) is 0 Å². The number of fused-ring (bicyclic) bond motifs is 3. The molecule has 0 fully saturated rings. The summed E-state index contributed by atoms with van der Waals surface area (Å²) in [5, 5.41) is 1.21. The molecule has 1 heterocycles. The number of carbonyl (C=O) groups excluding carboxylic acids is 1. The van der Waals surface area contributed by atoms with Gasteiger partial charge in [-0.05, 0) is 18.9 Å². The van der Waals surface area contributed by atoms with E-state index in [0.717, 1.165) is 23.2 Å². The largest absolute Gasteiger partial charge is 0.341 e. The van der Waals surface area contributed by atoms with Gasteiger partial charge in [-0.3, -0.25) is 4.79 Å². The minimum atomic E-state index is 0.280. The maximum atomic E-state index is 12.6. The number of Topliss-reactive ketones (excluding diaryl/α,β-unsaturated/α-hetero) is 1. The number of aryl methyl sites for hydroxylation is 1. The lowest BCUT2D eigenvalue weighted by Gasteiger charge is -2.14. The molecule has 0 aliphatic heterocycles. The van der Waals surface area contributed by atoms with Gasteiger partial charge in [0.25, 0.3) is 0 Å². The molecule has 1 aromatic heterocycles. The van der Waals surface area contributed by atoms with E-state index in [0.29, 0.717) is 6.42 Å². The maximum absolute atomic E-state index is 12.6. The predicted molar refractivity (Wildman–Crippen MR) is 97.8 cm³/mol. The highest BCUT2D eigenvalue weighted by molar-refractivity contribution is 6.09. The summed E-state index contributed by atoms with van der Waals surface area (Å²) >= 11 is 0. The van der Waals surface area contributed by atoms with Crippen molar-refractivity contribution < 1.29 is 4.79 Å². The predicted octanol–water partition coefficient (Wildman–Crippen LogP) is 5.90. The zero-order valence-electron chi connectivity index (χ0n) is 14.4. The SMILES string of the molecule is CCCCCCCCC1=Cc2c(n(C)c3ccccc23)C(=O)C1. The van der Waals surface area contributed by atoms with Gasteiger partial charge in [0.2, 0.25) is 0 Å². The molecule has 23 heavy (non-hydrogen) atoms. The zero-order valence-corrected chi connectivity index (χ0v) is 14.4. The number of allylic oxidation sites excluding steroid dienone is 1. The van der Waals surface area contributed by atoms with Gasteiger partial charge in [0.15, 0.2) is 5.78 Å². The Balaban J connectivity index is 1.75. The van der Waals surface area contributed by atoms with Crippen LogP contribution in [0.25, 0.3) is 17.0 Å². The summed E-state index contributed by atoms with van der Waals surface area (Å²) < 4.78 is 2.06. The zero-order chi connectivity index (χ0) is 16.2. The number of carbonyl (C=O) groups is 1. The van der Waals surface area contributed by atoms with Gasteiger partial charge in [0.05, 0.1) is 5.69 Å². The molecule has 1 aliphatic carbocycles. The Kier molecular flexibility index (Phi) is 5.00. The number of benzene rings is 1. The summed E-state index contributed by atoms with van der Waals surface area (Å²) in [5.74, 6) is 0.280. The first-order chi connectivity index (χ1) is 11.2. The first-order valence-corrected chi connectivity index (χ1v) is 9.02. The van der Waals surface area contributed by atoms with Gasteiger partial charge in [-0.1, -0.05) is 68.9 Å². The third kappa shape index (κ3) is 3.26. The molecule has 122 valence electrons. The summed E-state index contributed by atoms with van der Waals surface area (Å²) in [6, 6.07) is 8.33. The third-order valence-electron chi connectivity index (χ3n) is 5.00. The van der Waals surface area contributed by atoms with Crippen LogP contribution in [-0.4, -0.2) is 10.4 Å². The lowest BCUT2D eigenvalue weighted by Crippen LogP contribution is -2.12. The molecule has 2 aromatic rings. The second kappa shape index (κ2) is 7.16. The van der Waals surface area contributed by atoms with Crippen LogP contribution in [0.2, 0.25) is 0 Å². The van der Waals surface area contributed by atoms with Gasteiger partial charge in [-0.2, -0.15) is 0 Å². The Labute approximate surface area is 139 Å². The summed E-state index contributed by atoms with van der Waals surface area (Å²) in [7, 11) is 2.01. The molecule has 0 saturated heterocycles. The molecule has 1 aliphatic rings. The number of hydrogen-bond acceptors (Lipinski definition) is 1. The summed E-state index contributed by atoms with van der Waals surface area (Å²) in [6.45, 7) is 2.25. The molecule has 3 rings (SSSR count). The molecule has 0 bridgehead atoms. The van der Waals surface area contributed by atoms with Gasteiger partial charge < -0.3 is 4.57 Å². The fraction of sp³-hybridized carbons (Fsp3) is 0.476. The number of ketones is 1. The van der Waals surface area contributed by atoms with E-state index in [1.165, 1.54) is 49.5 Å². The van der Waals surface area contributed by atoms with E-state index in [9.17, 15) is 4.79 Å². The van der Waals surface area contributed by atoms with Crippen molar-refractivity contribution in [3.05, 3.63) is 41.1 Å². The maximum Gasteiger partial charge on any atom is 0.183 e. The average molecular weight is 309 g/mol. The van der Waals surface area contributed by atoms with Crippen LogP contribution in [-0.2, 0) is 7.05 Å². The van der Waals surface area contributed by atoms with E-state index in [1.807, 2.05) is 13.1 Å². The molecule has 0 unspecified atom stereocenters. The van der Waals surface area contributed by atoms with E-state index in [4.69, 9.17) is 0 Å². The van der Waals surface area contributed by atoms with E-state index < -0.39 is 0 Å². The van der Waals surface area contributed by atoms with Gasteiger partial charge in [-0.15, -0.1) is 0 Å². The van der Waals surface area contributed by atoms with Crippen LogP contribution in [0.15, 0.2) is 29.8 Å². The molecule has 0 N–H and O–H groups in total. The van der Waals surface area contributed by atoms with Crippen LogP contribution in [0.3, 0.4) is 0 Å². The van der Waals surface area contributed by atoms with Crippen molar-refractivity contribution in [2.24, 2.45) is 7.05 Å². The molecule has 2 nitrogen and oxygen atoms in total. The highest BCUT2D eigenvalue weighted by Crippen LogP contribution is 2.34. The minimum Gasteiger partial charge on any atom is -0.341 e. The van der Waals surface area contributed by atoms with Crippen LogP contribution in [0.4, 0.5) is 0 Å². The van der Waals surface area contributed by atoms with Crippen molar-refractivity contribution >= 4 is 22.8 Å². The van der Waals surface area contributed by atoms with Gasteiger partial charge in [0.1, 0.15) is 0 Å². The Morgan fingerprint density at radius 1 is 1.04 bits per heavy atom. The van der Waals surface area contributed by atoms with Crippen molar-refractivity contribution in [1.82, 2.24) is 4.57 Å². The summed E-state index contributed by atoms with van der Waals surface area (Å²) in [4.78, 5) is 12.6. The second-order valence-corrected chi connectivity index (χ2v) is 6.76. The van der Waals surface area contributed by atoms with Crippen LogP contribution >= 0.6 is 0 Å². The van der Waals surface area contributed by atoms with Gasteiger partial charge in [-0.25, -0.2) is 0 Å². The average Bonchev–Trinajstić information content (AvgIpc) is 2.85. The number of aromatic nitrogens is 1. The fourth-order valence-corrected chi connectivity index (χ4v) is 3.74. The molecule has 0 amide bonds. The highest BCUT2D eigenvalue weighted by atomic mass is 16.1. The summed E-state index contributed by atoms with van der Waals surface area (Å²) in [6.07, 6.45) is 11.8. The van der Waals surface area contributed by atoms with Crippen molar-refractivity contribution in [2.45, 2.75) is 58.3 Å². The Morgan fingerprint density at radius 3 is 2.61 bits per heavy atom. The highest BCUT2D eigenvalue weighted by Gasteiger charge is 2.24. The number of para-hydroxylation sites is 1. The van der Waals surface area contributed by atoms with E-state index in [1.54, 1.807) is 0 Å². The quantitative estimate of drug-likeness (QED) is 0.584. The standard InChI is InChI=1S/C21H27NO/c1-3-4-5-6-7-8-11-16-14-18-17-12-9-10-13-19(17)22(2)21(18)20(23)15-16/h9-10,12-14H,3-8,11,15H2,1-2H3. The lowest BCUT2D eigenvalue weighted by atomic mass is 9.91. The first-order valence-electron chi connectivity index (χ1n) is 9.02. The normalized spacial score (nSPS) is 14.2. The first kappa shape index (κ1) is 16.0. The third-order valence-corrected chi connectivity index (χ3v) is 5.00. The van der Waals surface area contributed by atoms with Crippen molar-refractivity contribution in [2.75, 3.05) is 0 Å². The van der Waals surface area contributed by atoms with Crippen molar-refractivity contribution in [1.29, 1.82) is 0 Å². The minimum absolute atomic E-state index is 0.280. The Hall–Kier alpha value is -1.83. The van der Waals surface area contributed by atoms with E-state index in [-0.39, 0.29) is 5.78 Å². The van der Waals surface area contributed by atoms with Crippen molar-refractivity contribution in [3.63, 3.8) is 0 Å². The molecule has 1 aromatic carbocycles. The lowest BCUT2D eigenvalue weighted by molar-refractivity contribution is 0.0983. The Morgan fingerprint density at radius 2 is 1.78 bits per heavy atom. The summed E-state index contributed by atoms with van der Waals surface area (Å²) in [5.41, 5.74) is 4.50. The Bertz CT molecular complexity index is 736. The molecule has 0 radical (unpaired) electrons. The van der Waals surface area contributed by atoms with E-state index >= 15 is 0 Å². The monoisotopic (exact) mass is 309 g/mol. The van der Waals surface area contributed by atoms with Crippen LogP contribution in [0, 0.1) is 0 Å². The topological polar surface area (TPSA) is 22.0 Å². The molecule has 2 heteroatoms. The smallest absolute Gasteiger partial charge is 0.183 e. The number of unbranched alkanes of at least 4 members (excludes halogenated alkanes) is 5. The van der Waals surface area contributed by atoms with Crippen LogP contribution in [0.5, 0.6) is 0 Å². The van der Waals surface area contributed by atoms with Gasteiger partial charge >= 0.3 is 0 Å². The number of rotatable bonds is 7. The molecular formula is C21H27NO. The van der Waals surface area contributed by atoms with Gasteiger partial charge in [0, 0.05) is 29.9 Å². The molecule has 0 saturated carbocycles. The number of nitrogens with zero attached hydrogens (tertiary/aromatic N) is 1. The molecular weight excluding hydrogens is 282 g/mol. The molecule has 0 spiro atoms. The molecule has 0 atom stereocenters. The van der Waals surface area contributed by atoms with Crippen LogP contribution < -0.4 is 0 Å². The number of hydrogen-bond donors (Lipinski definition) is 0. The second-order valence-electron chi connectivity index (χ2n) is 6.76. The fourth-order valence-electron chi connectivity index (χ4n) is 3.74.